The van der Waals surface area contributed by atoms with E-state index in [0.717, 1.165) is 49.8 Å². The Morgan fingerprint density at radius 2 is 1.50 bits per heavy atom. The molecule has 4 rings (SSSR count). The number of piperazine rings is 1. The summed E-state index contributed by atoms with van der Waals surface area (Å²) in [4.78, 5) is 12.9. The number of anilines is 4. The Labute approximate surface area is 160 Å². The highest BCUT2D eigenvalue weighted by Gasteiger charge is 2.19. The van der Waals surface area contributed by atoms with E-state index >= 15 is 0 Å². The predicted octanol–water partition coefficient (Wildman–Crippen LogP) is 3.96. The molecule has 1 saturated heterocycles. The maximum absolute atomic E-state index is 13.4. The fourth-order valence-corrected chi connectivity index (χ4v) is 3.13. The monoisotopic (exact) mass is 385 g/mol. The van der Waals surface area contributed by atoms with Crippen LogP contribution in [0.3, 0.4) is 0 Å². The quantitative estimate of drug-likeness (QED) is 0.736. The fraction of sp³-hybridized carbons (Fsp3) is 0.200. The molecule has 0 aliphatic carbocycles. The second kappa shape index (κ2) is 7.75. The summed E-state index contributed by atoms with van der Waals surface area (Å²) >= 11 is 0. The van der Waals surface area contributed by atoms with Gasteiger partial charge in [-0.2, -0.15) is 4.98 Å². The van der Waals surface area contributed by atoms with Gasteiger partial charge < -0.3 is 15.1 Å². The molecular formula is C20H18F3N5. The molecule has 1 fully saturated rings. The van der Waals surface area contributed by atoms with Crippen molar-refractivity contribution >= 4 is 23.1 Å². The average molecular weight is 385 g/mol. The first-order chi connectivity index (χ1) is 13.6. The van der Waals surface area contributed by atoms with E-state index in [-0.39, 0.29) is 5.82 Å². The van der Waals surface area contributed by atoms with Crippen molar-refractivity contribution in [2.45, 2.75) is 0 Å². The first-order valence-electron chi connectivity index (χ1n) is 8.89. The van der Waals surface area contributed by atoms with Crippen LogP contribution in [0, 0.1) is 17.5 Å². The normalized spacial score (nSPS) is 14.2. The maximum Gasteiger partial charge on any atom is 0.229 e. The number of halogens is 3. The minimum Gasteiger partial charge on any atom is -0.368 e. The van der Waals surface area contributed by atoms with Crippen molar-refractivity contribution in [1.29, 1.82) is 0 Å². The zero-order valence-corrected chi connectivity index (χ0v) is 14.9. The van der Waals surface area contributed by atoms with Crippen LogP contribution in [0.2, 0.25) is 0 Å². The van der Waals surface area contributed by atoms with E-state index in [4.69, 9.17) is 0 Å². The van der Waals surface area contributed by atoms with Gasteiger partial charge in [0.2, 0.25) is 5.95 Å². The Morgan fingerprint density at radius 3 is 2.21 bits per heavy atom. The van der Waals surface area contributed by atoms with E-state index in [2.05, 4.69) is 25.1 Å². The topological polar surface area (TPSA) is 44.3 Å². The van der Waals surface area contributed by atoms with Crippen LogP contribution in [0.1, 0.15) is 0 Å². The Balaban J connectivity index is 1.42. The lowest BCUT2D eigenvalue weighted by Crippen LogP contribution is -2.46. The lowest BCUT2D eigenvalue weighted by molar-refractivity contribution is 0.509. The molecule has 0 bridgehead atoms. The molecule has 2 aromatic carbocycles. The standard InChI is InChI=1S/C20H18F3N5/c21-14-1-4-16(5-2-14)27-9-11-28(12-10-27)19-7-8-24-20(26-19)25-15-3-6-17(22)18(23)13-15/h1-8,13H,9-12H2,(H,24,25,26). The van der Waals surface area contributed by atoms with Gasteiger partial charge in [-0.15, -0.1) is 0 Å². The SMILES string of the molecule is Fc1ccc(N2CCN(c3ccnc(Nc4ccc(F)c(F)c4)n3)CC2)cc1. The van der Waals surface area contributed by atoms with Gasteiger partial charge in [0, 0.05) is 49.8 Å². The minimum atomic E-state index is -0.932. The molecule has 3 aromatic rings. The summed E-state index contributed by atoms with van der Waals surface area (Å²) in [5, 5.41) is 2.89. The third kappa shape index (κ3) is 4.00. The Bertz CT molecular complexity index is 956. The summed E-state index contributed by atoms with van der Waals surface area (Å²) in [5.41, 5.74) is 1.36. The molecule has 8 heteroatoms. The maximum atomic E-state index is 13.4. The summed E-state index contributed by atoms with van der Waals surface area (Å²) in [6.07, 6.45) is 1.62. The minimum absolute atomic E-state index is 0.246. The van der Waals surface area contributed by atoms with Crippen LogP contribution in [0.4, 0.5) is 36.3 Å². The first kappa shape index (κ1) is 18.1. The molecule has 1 N–H and O–H groups in total. The van der Waals surface area contributed by atoms with Gasteiger partial charge in [0.25, 0.3) is 0 Å². The molecule has 0 saturated carbocycles. The van der Waals surface area contributed by atoms with Crippen LogP contribution >= 0.6 is 0 Å². The highest BCUT2D eigenvalue weighted by atomic mass is 19.2. The van der Waals surface area contributed by atoms with Crippen molar-refractivity contribution in [3.05, 3.63) is 72.2 Å². The van der Waals surface area contributed by atoms with Crippen LogP contribution in [0.5, 0.6) is 0 Å². The van der Waals surface area contributed by atoms with Gasteiger partial charge in [-0.1, -0.05) is 0 Å². The molecular weight excluding hydrogens is 367 g/mol. The van der Waals surface area contributed by atoms with Gasteiger partial charge in [-0.3, -0.25) is 0 Å². The van der Waals surface area contributed by atoms with Crippen LogP contribution in [0.15, 0.2) is 54.7 Å². The molecule has 5 nitrogen and oxygen atoms in total. The zero-order chi connectivity index (χ0) is 19.5. The Kier molecular flexibility index (Phi) is 5.01. The van der Waals surface area contributed by atoms with E-state index < -0.39 is 11.6 Å². The number of aromatic nitrogens is 2. The Morgan fingerprint density at radius 1 is 0.786 bits per heavy atom. The van der Waals surface area contributed by atoms with Crippen molar-refractivity contribution in [2.24, 2.45) is 0 Å². The van der Waals surface area contributed by atoms with Crippen molar-refractivity contribution in [3.63, 3.8) is 0 Å². The molecule has 1 aromatic heterocycles. The fourth-order valence-electron chi connectivity index (χ4n) is 3.13. The number of benzene rings is 2. The van der Waals surface area contributed by atoms with Gasteiger partial charge in [0.1, 0.15) is 11.6 Å². The van der Waals surface area contributed by atoms with Crippen molar-refractivity contribution in [1.82, 2.24) is 9.97 Å². The third-order valence-corrected chi connectivity index (χ3v) is 4.61. The largest absolute Gasteiger partial charge is 0.368 e. The average Bonchev–Trinajstić information content (AvgIpc) is 2.72. The number of nitrogens with zero attached hydrogens (tertiary/aromatic N) is 4. The van der Waals surface area contributed by atoms with Crippen molar-refractivity contribution in [3.8, 4) is 0 Å². The van der Waals surface area contributed by atoms with E-state index in [0.29, 0.717) is 11.6 Å². The summed E-state index contributed by atoms with van der Waals surface area (Å²) in [7, 11) is 0. The number of rotatable bonds is 4. The second-order valence-electron chi connectivity index (χ2n) is 6.44. The number of hydrogen-bond acceptors (Lipinski definition) is 5. The van der Waals surface area contributed by atoms with Gasteiger partial charge in [0.15, 0.2) is 11.6 Å². The smallest absolute Gasteiger partial charge is 0.229 e. The van der Waals surface area contributed by atoms with Crippen LogP contribution in [-0.2, 0) is 0 Å². The molecule has 0 amide bonds. The lowest BCUT2D eigenvalue weighted by atomic mass is 10.2. The molecule has 0 radical (unpaired) electrons. The highest BCUT2D eigenvalue weighted by Crippen LogP contribution is 2.21. The molecule has 1 aliphatic heterocycles. The van der Waals surface area contributed by atoms with Crippen LogP contribution in [-0.4, -0.2) is 36.1 Å². The van der Waals surface area contributed by atoms with Gasteiger partial charge in [-0.05, 0) is 42.5 Å². The van der Waals surface area contributed by atoms with Crippen LogP contribution in [0.25, 0.3) is 0 Å². The van der Waals surface area contributed by atoms with Gasteiger partial charge >= 0.3 is 0 Å². The molecule has 0 atom stereocenters. The second-order valence-corrected chi connectivity index (χ2v) is 6.44. The number of hydrogen-bond donors (Lipinski definition) is 1. The lowest BCUT2D eigenvalue weighted by Gasteiger charge is -2.36. The molecule has 0 unspecified atom stereocenters. The van der Waals surface area contributed by atoms with Crippen molar-refractivity contribution < 1.29 is 13.2 Å². The zero-order valence-electron chi connectivity index (χ0n) is 14.9. The Hall–Kier alpha value is -3.29. The summed E-state index contributed by atoms with van der Waals surface area (Å²) < 4.78 is 39.5. The van der Waals surface area contributed by atoms with Gasteiger partial charge in [0.05, 0.1) is 0 Å². The predicted molar refractivity (Wildman–Crippen MR) is 102 cm³/mol. The summed E-state index contributed by atoms with van der Waals surface area (Å²) in [6, 6.07) is 11.8. The molecule has 0 spiro atoms. The van der Waals surface area contributed by atoms with E-state index in [1.807, 2.05) is 6.07 Å². The van der Waals surface area contributed by atoms with E-state index in [9.17, 15) is 13.2 Å². The van der Waals surface area contributed by atoms with Crippen molar-refractivity contribution in [2.75, 3.05) is 41.3 Å². The molecule has 144 valence electrons. The van der Waals surface area contributed by atoms with E-state index in [1.165, 1.54) is 18.2 Å². The number of nitrogens with one attached hydrogen (secondary N) is 1. The first-order valence-corrected chi connectivity index (χ1v) is 8.89. The summed E-state index contributed by atoms with van der Waals surface area (Å²) in [5.74, 6) is -1.02. The molecule has 2 heterocycles. The highest BCUT2D eigenvalue weighted by molar-refractivity contribution is 5.56. The summed E-state index contributed by atoms with van der Waals surface area (Å²) in [6.45, 7) is 3.06. The van der Waals surface area contributed by atoms with Gasteiger partial charge in [-0.25, -0.2) is 18.2 Å². The molecule has 28 heavy (non-hydrogen) atoms. The van der Waals surface area contributed by atoms with E-state index in [1.54, 1.807) is 18.3 Å². The molecule has 1 aliphatic rings. The third-order valence-electron chi connectivity index (χ3n) is 4.61. The van der Waals surface area contributed by atoms with Crippen LogP contribution < -0.4 is 15.1 Å².